The summed E-state index contributed by atoms with van der Waals surface area (Å²) in [7, 11) is 0. The second-order valence-electron chi connectivity index (χ2n) is 5.34. The lowest BCUT2D eigenvalue weighted by molar-refractivity contribution is 0.101. The van der Waals surface area contributed by atoms with Crippen molar-refractivity contribution in [3.05, 3.63) is 29.3 Å². The number of rotatable bonds is 6. The first kappa shape index (κ1) is 15.6. The van der Waals surface area contributed by atoms with Gasteiger partial charge in [0.15, 0.2) is 0 Å². The van der Waals surface area contributed by atoms with E-state index in [-0.39, 0.29) is 6.61 Å². The molecule has 1 atom stereocenters. The fourth-order valence-corrected chi connectivity index (χ4v) is 1.69. The van der Waals surface area contributed by atoms with E-state index in [1.807, 2.05) is 45.9 Å². The van der Waals surface area contributed by atoms with Crippen LogP contribution in [0, 0.1) is 26.2 Å². The largest absolute Gasteiger partial charge is 0.490 e. The standard InChI is InChI=1S/C16H23NO2/c1-6-16(4,5)17-10-14(18)11-19-15-12(2)8-7-9-13(15)3/h1,7-9,14,17-18H,10-11H2,2-5H3. The number of benzene rings is 1. The highest BCUT2D eigenvalue weighted by Gasteiger charge is 2.15. The number of aliphatic hydroxyl groups is 1. The first-order chi connectivity index (χ1) is 8.85. The highest BCUT2D eigenvalue weighted by molar-refractivity contribution is 5.39. The first-order valence-electron chi connectivity index (χ1n) is 6.45. The van der Waals surface area contributed by atoms with Crippen LogP contribution in [0.25, 0.3) is 0 Å². The van der Waals surface area contributed by atoms with Gasteiger partial charge >= 0.3 is 0 Å². The van der Waals surface area contributed by atoms with Crippen molar-refractivity contribution in [1.82, 2.24) is 5.32 Å². The zero-order valence-corrected chi connectivity index (χ0v) is 12.2. The third-order valence-electron chi connectivity index (χ3n) is 2.97. The van der Waals surface area contributed by atoms with Crippen molar-refractivity contribution in [2.24, 2.45) is 0 Å². The van der Waals surface area contributed by atoms with Gasteiger partial charge in [-0.15, -0.1) is 6.42 Å². The van der Waals surface area contributed by atoms with Gasteiger partial charge < -0.3 is 9.84 Å². The van der Waals surface area contributed by atoms with E-state index in [0.29, 0.717) is 6.54 Å². The summed E-state index contributed by atoms with van der Waals surface area (Å²) >= 11 is 0. The molecule has 0 aromatic heterocycles. The fourth-order valence-electron chi connectivity index (χ4n) is 1.69. The van der Waals surface area contributed by atoms with E-state index in [1.165, 1.54) is 0 Å². The number of aliphatic hydroxyl groups excluding tert-OH is 1. The van der Waals surface area contributed by atoms with Crippen molar-refractivity contribution in [3.63, 3.8) is 0 Å². The van der Waals surface area contributed by atoms with Gasteiger partial charge in [-0.2, -0.15) is 0 Å². The van der Waals surface area contributed by atoms with Gasteiger partial charge in [0.05, 0.1) is 5.54 Å². The minimum Gasteiger partial charge on any atom is -0.490 e. The Bertz CT molecular complexity index is 440. The maximum atomic E-state index is 9.90. The lowest BCUT2D eigenvalue weighted by atomic mass is 10.1. The summed E-state index contributed by atoms with van der Waals surface area (Å²) in [4.78, 5) is 0. The first-order valence-corrected chi connectivity index (χ1v) is 6.45. The molecule has 1 aromatic rings. The molecule has 1 aromatic carbocycles. The Morgan fingerprint density at radius 3 is 2.47 bits per heavy atom. The Morgan fingerprint density at radius 1 is 1.37 bits per heavy atom. The van der Waals surface area contributed by atoms with Gasteiger partial charge in [-0.05, 0) is 38.8 Å². The van der Waals surface area contributed by atoms with E-state index >= 15 is 0 Å². The monoisotopic (exact) mass is 261 g/mol. The van der Waals surface area contributed by atoms with Crippen LogP contribution in [0.2, 0.25) is 0 Å². The van der Waals surface area contributed by atoms with E-state index in [9.17, 15) is 5.11 Å². The molecule has 0 aliphatic carbocycles. The summed E-state index contributed by atoms with van der Waals surface area (Å²) in [6, 6.07) is 5.98. The minimum atomic E-state index is -0.591. The van der Waals surface area contributed by atoms with Crippen LogP contribution >= 0.6 is 0 Å². The second kappa shape index (κ2) is 6.60. The van der Waals surface area contributed by atoms with E-state index in [1.54, 1.807) is 0 Å². The normalized spacial score (nSPS) is 12.8. The zero-order valence-electron chi connectivity index (χ0n) is 12.2. The van der Waals surface area contributed by atoms with E-state index in [4.69, 9.17) is 11.2 Å². The molecule has 0 saturated carbocycles. The van der Waals surface area contributed by atoms with Crippen LogP contribution in [0.5, 0.6) is 5.75 Å². The summed E-state index contributed by atoms with van der Waals surface area (Å²) in [6.45, 7) is 8.43. The molecular weight excluding hydrogens is 238 g/mol. The molecule has 0 spiro atoms. The van der Waals surface area contributed by atoms with Crippen LogP contribution in [-0.2, 0) is 0 Å². The molecule has 0 aliphatic rings. The van der Waals surface area contributed by atoms with E-state index in [2.05, 4.69) is 11.2 Å². The Labute approximate surface area is 116 Å². The zero-order chi connectivity index (χ0) is 14.5. The molecular formula is C16H23NO2. The fraction of sp³-hybridized carbons (Fsp3) is 0.500. The third kappa shape index (κ3) is 4.94. The molecule has 0 heterocycles. The topological polar surface area (TPSA) is 41.5 Å². The van der Waals surface area contributed by atoms with Crippen LogP contribution in [0.4, 0.5) is 0 Å². The number of hydrogen-bond acceptors (Lipinski definition) is 3. The van der Waals surface area contributed by atoms with Crippen molar-refractivity contribution < 1.29 is 9.84 Å². The van der Waals surface area contributed by atoms with Gasteiger partial charge in [-0.1, -0.05) is 24.1 Å². The van der Waals surface area contributed by atoms with E-state index in [0.717, 1.165) is 16.9 Å². The molecule has 0 amide bonds. The number of aryl methyl sites for hydroxylation is 2. The summed E-state index contributed by atoms with van der Waals surface area (Å²) in [5.41, 5.74) is 1.73. The predicted octanol–water partition coefficient (Wildman–Crippen LogP) is 2.04. The highest BCUT2D eigenvalue weighted by atomic mass is 16.5. The Kier molecular flexibility index (Phi) is 5.41. The Balaban J connectivity index is 2.47. The third-order valence-corrected chi connectivity index (χ3v) is 2.97. The Morgan fingerprint density at radius 2 is 1.95 bits per heavy atom. The van der Waals surface area contributed by atoms with E-state index < -0.39 is 11.6 Å². The molecule has 19 heavy (non-hydrogen) atoms. The van der Waals surface area contributed by atoms with Crippen molar-refractivity contribution >= 4 is 0 Å². The maximum Gasteiger partial charge on any atom is 0.125 e. The van der Waals surface area contributed by atoms with Crippen LogP contribution in [0.3, 0.4) is 0 Å². The van der Waals surface area contributed by atoms with Crippen LogP contribution in [-0.4, -0.2) is 29.9 Å². The Hall–Kier alpha value is -1.50. The summed E-state index contributed by atoms with van der Waals surface area (Å²) in [6.07, 6.45) is 4.78. The van der Waals surface area contributed by atoms with Crippen molar-refractivity contribution in [2.75, 3.05) is 13.2 Å². The molecule has 3 heteroatoms. The molecule has 1 rings (SSSR count). The molecule has 2 N–H and O–H groups in total. The molecule has 0 radical (unpaired) electrons. The molecule has 0 saturated heterocycles. The summed E-state index contributed by atoms with van der Waals surface area (Å²) < 4.78 is 5.69. The lowest BCUT2D eigenvalue weighted by Crippen LogP contribution is -2.43. The van der Waals surface area contributed by atoms with Gasteiger partial charge in [0.25, 0.3) is 0 Å². The van der Waals surface area contributed by atoms with Gasteiger partial charge in [0.1, 0.15) is 18.5 Å². The molecule has 0 aliphatic heterocycles. The van der Waals surface area contributed by atoms with Crippen LogP contribution in [0.1, 0.15) is 25.0 Å². The molecule has 1 unspecified atom stereocenters. The van der Waals surface area contributed by atoms with Crippen molar-refractivity contribution in [3.8, 4) is 18.1 Å². The summed E-state index contributed by atoms with van der Waals surface area (Å²) in [5, 5.41) is 13.0. The number of nitrogens with one attached hydrogen (secondary N) is 1. The molecule has 3 nitrogen and oxygen atoms in total. The number of ether oxygens (including phenoxy) is 1. The highest BCUT2D eigenvalue weighted by Crippen LogP contribution is 2.22. The van der Waals surface area contributed by atoms with Crippen LogP contribution < -0.4 is 10.1 Å². The number of β-amino-alcohol motifs (C(OH)–C–C–N with tert-alkyl or cyclic N) is 1. The van der Waals surface area contributed by atoms with Gasteiger partial charge in [0, 0.05) is 6.54 Å². The molecule has 104 valence electrons. The number of hydrogen-bond donors (Lipinski definition) is 2. The van der Waals surface area contributed by atoms with Gasteiger partial charge in [0.2, 0.25) is 0 Å². The quantitative estimate of drug-likeness (QED) is 0.770. The van der Waals surface area contributed by atoms with Gasteiger partial charge in [-0.3, -0.25) is 5.32 Å². The minimum absolute atomic E-state index is 0.249. The van der Waals surface area contributed by atoms with Gasteiger partial charge in [-0.25, -0.2) is 0 Å². The second-order valence-corrected chi connectivity index (χ2v) is 5.34. The van der Waals surface area contributed by atoms with Crippen LogP contribution in [0.15, 0.2) is 18.2 Å². The average Bonchev–Trinajstić information content (AvgIpc) is 2.36. The van der Waals surface area contributed by atoms with Crippen molar-refractivity contribution in [2.45, 2.75) is 39.3 Å². The molecule has 0 fully saturated rings. The maximum absolute atomic E-state index is 9.90. The predicted molar refractivity (Wildman–Crippen MR) is 78.3 cm³/mol. The SMILES string of the molecule is C#CC(C)(C)NCC(O)COc1c(C)cccc1C. The average molecular weight is 261 g/mol. The number of terminal acetylenes is 1. The summed E-state index contributed by atoms with van der Waals surface area (Å²) in [5.74, 6) is 3.47. The lowest BCUT2D eigenvalue weighted by Gasteiger charge is -2.22. The molecule has 0 bridgehead atoms. The smallest absolute Gasteiger partial charge is 0.125 e. The number of para-hydroxylation sites is 1. The van der Waals surface area contributed by atoms with Crippen molar-refractivity contribution in [1.29, 1.82) is 0 Å².